The lowest BCUT2D eigenvalue weighted by atomic mass is 10.2. The third-order valence-electron chi connectivity index (χ3n) is 4.17. The van der Waals surface area contributed by atoms with E-state index in [1.807, 2.05) is 26.8 Å². The SMILES string of the molecule is CC(C)(C)OC(=O)NC1CCN(c2cc(C3CCCO3)ncn2)C1. The van der Waals surface area contributed by atoms with E-state index in [2.05, 4.69) is 20.2 Å². The third kappa shape index (κ3) is 4.35. The van der Waals surface area contributed by atoms with E-state index >= 15 is 0 Å². The summed E-state index contributed by atoms with van der Waals surface area (Å²) < 4.78 is 11.0. The molecule has 0 aromatic carbocycles. The number of aromatic nitrogens is 2. The first-order valence-corrected chi connectivity index (χ1v) is 8.59. The summed E-state index contributed by atoms with van der Waals surface area (Å²) in [7, 11) is 0. The molecule has 3 heterocycles. The zero-order chi connectivity index (χ0) is 17.2. The quantitative estimate of drug-likeness (QED) is 0.915. The molecule has 0 aliphatic carbocycles. The Kier molecular flexibility index (Phi) is 4.89. The van der Waals surface area contributed by atoms with Gasteiger partial charge in [0.25, 0.3) is 0 Å². The summed E-state index contributed by atoms with van der Waals surface area (Å²) in [5.41, 5.74) is 0.464. The average Bonchev–Trinajstić information content (AvgIpc) is 3.16. The highest BCUT2D eigenvalue weighted by atomic mass is 16.6. The molecule has 2 saturated heterocycles. The van der Waals surface area contributed by atoms with Gasteiger partial charge in [-0.3, -0.25) is 0 Å². The van der Waals surface area contributed by atoms with Crippen molar-refractivity contribution in [3.05, 3.63) is 18.1 Å². The van der Waals surface area contributed by atoms with Crippen LogP contribution in [-0.4, -0.2) is 47.4 Å². The van der Waals surface area contributed by atoms with Gasteiger partial charge >= 0.3 is 6.09 Å². The summed E-state index contributed by atoms with van der Waals surface area (Å²) in [6.07, 6.45) is 4.29. The van der Waals surface area contributed by atoms with Crippen molar-refractivity contribution in [2.24, 2.45) is 0 Å². The molecule has 2 fully saturated rings. The Balaban J connectivity index is 1.57. The van der Waals surface area contributed by atoms with Gasteiger partial charge in [0.1, 0.15) is 17.7 Å². The van der Waals surface area contributed by atoms with Gasteiger partial charge in [0, 0.05) is 25.8 Å². The number of nitrogens with one attached hydrogen (secondary N) is 1. The summed E-state index contributed by atoms with van der Waals surface area (Å²) in [5.74, 6) is 0.893. The van der Waals surface area contributed by atoms with Crippen molar-refractivity contribution in [2.45, 2.75) is 57.8 Å². The van der Waals surface area contributed by atoms with Crippen LogP contribution in [0.4, 0.5) is 10.6 Å². The second kappa shape index (κ2) is 6.93. The number of carbonyl (C=O) groups is 1. The highest BCUT2D eigenvalue weighted by molar-refractivity contribution is 5.68. The largest absolute Gasteiger partial charge is 0.444 e. The number of ether oxygens (including phenoxy) is 2. The molecule has 2 aliphatic heterocycles. The number of amides is 1. The maximum Gasteiger partial charge on any atom is 0.407 e. The van der Waals surface area contributed by atoms with Crippen LogP contribution in [0.15, 0.2) is 12.4 Å². The standard InChI is InChI=1S/C17H26N4O3/c1-17(2,3)24-16(22)20-12-6-7-21(10-12)15-9-13(18-11-19-15)14-5-4-8-23-14/h9,11-12,14H,4-8,10H2,1-3H3,(H,20,22). The van der Waals surface area contributed by atoms with Crippen LogP contribution in [0, 0.1) is 0 Å². The van der Waals surface area contributed by atoms with Gasteiger partial charge in [-0.15, -0.1) is 0 Å². The van der Waals surface area contributed by atoms with Crippen LogP contribution < -0.4 is 10.2 Å². The number of rotatable bonds is 3. The van der Waals surface area contributed by atoms with Crippen molar-refractivity contribution in [3.63, 3.8) is 0 Å². The minimum absolute atomic E-state index is 0.0704. The van der Waals surface area contributed by atoms with Crippen molar-refractivity contribution in [3.8, 4) is 0 Å². The van der Waals surface area contributed by atoms with Crippen molar-refractivity contribution in [1.29, 1.82) is 0 Å². The highest BCUT2D eigenvalue weighted by Gasteiger charge is 2.28. The van der Waals surface area contributed by atoms with Crippen LogP contribution in [0.25, 0.3) is 0 Å². The monoisotopic (exact) mass is 334 g/mol. The Morgan fingerprint density at radius 1 is 1.38 bits per heavy atom. The Bertz CT molecular complexity index is 581. The second-order valence-electron chi connectivity index (χ2n) is 7.38. The first-order chi connectivity index (χ1) is 11.4. The van der Waals surface area contributed by atoms with Crippen LogP contribution >= 0.6 is 0 Å². The minimum atomic E-state index is -0.481. The summed E-state index contributed by atoms with van der Waals surface area (Å²) in [5, 5.41) is 2.93. The molecule has 3 rings (SSSR count). The summed E-state index contributed by atoms with van der Waals surface area (Å²) in [6, 6.07) is 2.08. The maximum absolute atomic E-state index is 11.9. The van der Waals surface area contributed by atoms with Gasteiger partial charge < -0.3 is 19.7 Å². The fourth-order valence-corrected chi connectivity index (χ4v) is 3.08. The number of anilines is 1. The zero-order valence-corrected chi connectivity index (χ0v) is 14.6. The fraction of sp³-hybridized carbons (Fsp3) is 0.706. The predicted octanol–water partition coefficient (Wildman–Crippen LogP) is 2.43. The van der Waals surface area contributed by atoms with Gasteiger partial charge in [0.15, 0.2) is 0 Å². The third-order valence-corrected chi connectivity index (χ3v) is 4.17. The Labute approximate surface area is 142 Å². The molecular weight excluding hydrogens is 308 g/mol. The lowest BCUT2D eigenvalue weighted by Gasteiger charge is -2.22. The molecular formula is C17H26N4O3. The van der Waals surface area contributed by atoms with E-state index in [1.54, 1.807) is 6.33 Å². The lowest BCUT2D eigenvalue weighted by Crippen LogP contribution is -2.40. The van der Waals surface area contributed by atoms with Crippen LogP contribution in [0.2, 0.25) is 0 Å². The van der Waals surface area contributed by atoms with Crippen molar-refractivity contribution in [1.82, 2.24) is 15.3 Å². The molecule has 24 heavy (non-hydrogen) atoms. The van der Waals surface area contributed by atoms with E-state index in [0.29, 0.717) is 0 Å². The number of alkyl carbamates (subject to hydrolysis) is 1. The van der Waals surface area contributed by atoms with Crippen molar-refractivity contribution in [2.75, 3.05) is 24.6 Å². The second-order valence-corrected chi connectivity index (χ2v) is 7.38. The fourth-order valence-electron chi connectivity index (χ4n) is 3.08. The van der Waals surface area contributed by atoms with Crippen LogP contribution in [0.1, 0.15) is 51.8 Å². The maximum atomic E-state index is 11.9. The zero-order valence-electron chi connectivity index (χ0n) is 14.6. The van der Waals surface area contributed by atoms with Gasteiger partial charge in [-0.2, -0.15) is 0 Å². The van der Waals surface area contributed by atoms with Gasteiger partial charge in [-0.25, -0.2) is 14.8 Å². The van der Waals surface area contributed by atoms with E-state index in [0.717, 1.165) is 50.5 Å². The normalized spacial score (nSPS) is 24.2. The molecule has 7 nitrogen and oxygen atoms in total. The Morgan fingerprint density at radius 3 is 2.92 bits per heavy atom. The van der Waals surface area contributed by atoms with Gasteiger partial charge in [0.05, 0.1) is 17.8 Å². The molecule has 132 valence electrons. The van der Waals surface area contributed by atoms with Crippen LogP contribution in [0.5, 0.6) is 0 Å². The number of hydrogen-bond donors (Lipinski definition) is 1. The molecule has 2 unspecified atom stereocenters. The molecule has 2 atom stereocenters. The highest BCUT2D eigenvalue weighted by Crippen LogP contribution is 2.29. The predicted molar refractivity (Wildman–Crippen MR) is 89.9 cm³/mol. The number of carbonyl (C=O) groups excluding carboxylic acids is 1. The minimum Gasteiger partial charge on any atom is -0.444 e. The van der Waals surface area contributed by atoms with Crippen LogP contribution in [0.3, 0.4) is 0 Å². The number of nitrogens with zero attached hydrogens (tertiary/aromatic N) is 3. The Hall–Kier alpha value is -1.89. The molecule has 0 bridgehead atoms. The molecule has 0 spiro atoms. The first kappa shape index (κ1) is 17.0. The molecule has 1 N–H and O–H groups in total. The summed E-state index contributed by atoms with van der Waals surface area (Å²) in [6.45, 7) is 7.96. The summed E-state index contributed by atoms with van der Waals surface area (Å²) in [4.78, 5) is 22.8. The smallest absolute Gasteiger partial charge is 0.407 e. The lowest BCUT2D eigenvalue weighted by molar-refractivity contribution is 0.0509. The van der Waals surface area contributed by atoms with Gasteiger partial charge in [-0.05, 0) is 40.0 Å². The van der Waals surface area contributed by atoms with E-state index in [4.69, 9.17) is 9.47 Å². The molecule has 0 radical (unpaired) electrons. The topological polar surface area (TPSA) is 76.6 Å². The molecule has 1 amide bonds. The molecule has 1 aromatic rings. The summed E-state index contributed by atoms with van der Waals surface area (Å²) >= 11 is 0. The molecule has 2 aliphatic rings. The van der Waals surface area contributed by atoms with E-state index < -0.39 is 5.60 Å². The van der Waals surface area contributed by atoms with E-state index in [-0.39, 0.29) is 18.2 Å². The number of hydrogen-bond acceptors (Lipinski definition) is 6. The molecule has 7 heteroatoms. The van der Waals surface area contributed by atoms with Crippen molar-refractivity contribution < 1.29 is 14.3 Å². The van der Waals surface area contributed by atoms with Crippen molar-refractivity contribution >= 4 is 11.9 Å². The molecule has 1 aromatic heterocycles. The van der Waals surface area contributed by atoms with Gasteiger partial charge in [-0.1, -0.05) is 0 Å². The van der Waals surface area contributed by atoms with E-state index in [1.165, 1.54) is 0 Å². The van der Waals surface area contributed by atoms with E-state index in [9.17, 15) is 4.79 Å². The molecule has 0 saturated carbocycles. The van der Waals surface area contributed by atoms with Gasteiger partial charge in [0.2, 0.25) is 0 Å². The Morgan fingerprint density at radius 2 is 2.21 bits per heavy atom. The van der Waals surface area contributed by atoms with Crippen LogP contribution in [-0.2, 0) is 9.47 Å². The first-order valence-electron chi connectivity index (χ1n) is 8.59. The average molecular weight is 334 g/mol.